The Morgan fingerprint density at radius 1 is 0.781 bits per heavy atom. The van der Waals surface area contributed by atoms with E-state index in [1.54, 1.807) is 12.1 Å². The first-order valence-corrected chi connectivity index (χ1v) is 10.1. The zero-order valence-electron chi connectivity index (χ0n) is 17.1. The van der Waals surface area contributed by atoms with Gasteiger partial charge < -0.3 is 10.1 Å². The lowest BCUT2D eigenvalue weighted by Crippen LogP contribution is -2.28. The van der Waals surface area contributed by atoms with Crippen LogP contribution < -0.4 is 10.2 Å². The first-order chi connectivity index (χ1) is 15.5. The number of hydrogen-bond acceptors (Lipinski definition) is 5. The summed E-state index contributed by atoms with van der Waals surface area (Å²) in [7, 11) is 0. The molecule has 1 fully saturated rings. The molecule has 1 aliphatic rings. The van der Waals surface area contributed by atoms with Crippen molar-refractivity contribution in [2.45, 2.75) is 12.8 Å². The van der Waals surface area contributed by atoms with Crippen molar-refractivity contribution in [3.05, 3.63) is 84.4 Å². The third-order valence-corrected chi connectivity index (χ3v) is 5.02. The van der Waals surface area contributed by atoms with Crippen molar-refractivity contribution in [3.8, 4) is 11.1 Å². The van der Waals surface area contributed by atoms with Gasteiger partial charge in [-0.25, -0.2) is 4.79 Å². The molecule has 1 aliphatic heterocycles. The van der Waals surface area contributed by atoms with E-state index in [1.165, 1.54) is 24.3 Å². The maximum atomic E-state index is 12.2. The molecule has 7 heteroatoms. The molecule has 0 atom stereocenters. The standard InChI is InChI=1S/C25H20N2O5/c28-22(26-20-10-6-18(7-11-20)17-4-2-1-3-5-17)16-32-25(31)19-8-12-21(13-9-19)27-23(29)14-15-24(27)30/h1-13H,14-16H2,(H,26,28). The molecule has 160 valence electrons. The summed E-state index contributed by atoms with van der Waals surface area (Å²) in [5.41, 5.74) is 3.31. The molecule has 0 saturated carbocycles. The zero-order valence-corrected chi connectivity index (χ0v) is 17.1. The summed E-state index contributed by atoms with van der Waals surface area (Å²) in [5.74, 6) is -1.67. The van der Waals surface area contributed by atoms with Crippen molar-refractivity contribution in [1.29, 1.82) is 0 Å². The van der Waals surface area contributed by atoms with Gasteiger partial charge >= 0.3 is 5.97 Å². The summed E-state index contributed by atoms with van der Waals surface area (Å²) in [4.78, 5) is 49.0. The first kappa shape index (κ1) is 21.0. The summed E-state index contributed by atoms with van der Waals surface area (Å²) in [6, 6.07) is 23.1. The Morgan fingerprint density at radius 3 is 2.00 bits per heavy atom. The summed E-state index contributed by atoms with van der Waals surface area (Å²) in [5, 5.41) is 2.69. The van der Waals surface area contributed by atoms with Gasteiger partial charge in [0.15, 0.2) is 6.61 Å². The number of rotatable bonds is 6. The zero-order chi connectivity index (χ0) is 22.5. The minimum Gasteiger partial charge on any atom is -0.452 e. The summed E-state index contributed by atoms with van der Waals surface area (Å²) >= 11 is 0. The normalized spacial score (nSPS) is 13.2. The van der Waals surface area contributed by atoms with Crippen LogP contribution in [-0.4, -0.2) is 30.3 Å². The van der Waals surface area contributed by atoms with Crippen molar-refractivity contribution in [3.63, 3.8) is 0 Å². The van der Waals surface area contributed by atoms with E-state index in [2.05, 4.69) is 5.32 Å². The minimum absolute atomic E-state index is 0.187. The molecule has 7 nitrogen and oxygen atoms in total. The van der Waals surface area contributed by atoms with Crippen molar-refractivity contribution in [2.75, 3.05) is 16.8 Å². The number of benzene rings is 3. The summed E-state index contributed by atoms with van der Waals surface area (Å²) in [6.07, 6.45) is 0.374. The fraction of sp³-hybridized carbons (Fsp3) is 0.120. The molecule has 4 rings (SSSR count). The van der Waals surface area contributed by atoms with E-state index < -0.39 is 18.5 Å². The Kier molecular flexibility index (Phi) is 6.07. The number of nitrogens with zero attached hydrogens (tertiary/aromatic N) is 1. The quantitative estimate of drug-likeness (QED) is 0.476. The maximum absolute atomic E-state index is 12.2. The van der Waals surface area contributed by atoms with Gasteiger partial charge in [-0.2, -0.15) is 0 Å². The largest absolute Gasteiger partial charge is 0.452 e. The lowest BCUT2D eigenvalue weighted by atomic mass is 10.1. The van der Waals surface area contributed by atoms with Gasteiger partial charge in [-0.15, -0.1) is 0 Å². The molecule has 0 unspecified atom stereocenters. The second-order valence-electron chi connectivity index (χ2n) is 7.24. The van der Waals surface area contributed by atoms with Gasteiger partial charge in [0.05, 0.1) is 11.3 Å². The average molecular weight is 428 g/mol. The number of carbonyl (C=O) groups excluding carboxylic acids is 4. The highest BCUT2D eigenvalue weighted by Crippen LogP contribution is 2.23. The molecule has 1 heterocycles. The van der Waals surface area contributed by atoms with Crippen molar-refractivity contribution in [2.24, 2.45) is 0 Å². The van der Waals surface area contributed by atoms with Crippen LogP contribution in [0, 0.1) is 0 Å². The molecule has 1 saturated heterocycles. The predicted octanol–water partition coefficient (Wildman–Crippen LogP) is 3.80. The van der Waals surface area contributed by atoms with Crippen LogP contribution in [0.3, 0.4) is 0 Å². The van der Waals surface area contributed by atoms with Crippen LogP contribution in [-0.2, 0) is 19.1 Å². The summed E-state index contributed by atoms with van der Waals surface area (Å²) in [6.45, 7) is -0.440. The highest BCUT2D eigenvalue weighted by atomic mass is 16.5. The third kappa shape index (κ3) is 4.73. The van der Waals surface area contributed by atoms with E-state index in [4.69, 9.17) is 4.74 Å². The smallest absolute Gasteiger partial charge is 0.338 e. The molecule has 3 amide bonds. The van der Waals surface area contributed by atoms with Crippen LogP contribution >= 0.6 is 0 Å². The second-order valence-corrected chi connectivity index (χ2v) is 7.24. The SMILES string of the molecule is O=C(COC(=O)c1ccc(N2C(=O)CCC2=O)cc1)Nc1ccc(-c2ccccc2)cc1. The monoisotopic (exact) mass is 428 g/mol. The molecule has 0 aliphatic carbocycles. The lowest BCUT2D eigenvalue weighted by molar-refractivity contribution is -0.121. The van der Waals surface area contributed by atoms with Gasteiger partial charge in [0.1, 0.15) is 0 Å². The van der Waals surface area contributed by atoms with E-state index in [0.29, 0.717) is 11.4 Å². The van der Waals surface area contributed by atoms with Crippen molar-refractivity contribution < 1.29 is 23.9 Å². The Hall–Kier alpha value is -4.26. The molecule has 1 N–H and O–H groups in total. The van der Waals surface area contributed by atoms with Gasteiger partial charge in [-0.1, -0.05) is 42.5 Å². The highest BCUT2D eigenvalue weighted by molar-refractivity contribution is 6.19. The molecule has 3 aromatic rings. The van der Waals surface area contributed by atoms with Crippen LogP contribution in [0.1, 0.15) is 23.2 Å². The molecule has 3 aromatic carbocycles. The fourth-order valence-electron chi connectivity index (χ4n) is 3.40. The Labute approximate surface area is 184 Å². The fourth-order valence-corrected chi connectivity index (χ4v) is 3.40. The van der Waals surface area contributed by atoms with Crippen LogP contribution in [0.25, 0.3) is 11.1 Å². The number of hydrogen-bond donors (Lipinski definition) is 1. The number of esters is 1. The van der Waals surface area contributed by atoms with E-state index in [0.717, 1.165) is 16.0 Å². The van der Waals surface area contributed by atoms with E-state index in [9.17, 15) is 19.2 Å². The van der Waals surface area contributed by atoms with E-state index in [1.807, 2.05) is 42.5 Å². The Bertz CT molecular complexity index is 1140. The first-order valence-electron chi connectivity index (χ1n) is 10.1. The molecular weight excluding hydrogens is 408 g/mol. The van der Waals surface area contributed by atoms with Gasteiger partial charge in [-0.3, -0.25) is 19.3 Å². The number of amides is 3. The van der Waals surface area contributed by atoms with Crippen molar-refractivity contribution in [1.82, 2.24) is 0 Å². The van der Waals surface area contributed by atoms with Crippen LogP contribution in [0.4, 0.5) is 11.4 Å². The average Bonchev–Trinajstić information content (AvgIpc) is 3.16. The molecule has 0 spiro atoms. The molecule has 0 aromatic heterocycles. The van der Waals surface area contributed by atoms with Gasteiger partial charge in [0, 0.05) is 18.5 Å². The third-order valence-electron chi connectivity index (χ3n) is 5.02. The van der Waals surface area contributed by atoms with Crippen molar-refractivity contribution >= 4 is 35.1 Å². The Balaban J connectivity index is 1.29. The Morgan fingerprint density at radius 2 is 1.38 bits per heavy atom. The second kappa shape index (κ2) is 9.26. The molecule has 32 heavy (non-hydrogen) atoms. The molecule has 0 radical (unpaired) electrons. The van der Waals surface area contributed by atoms with E-state index in [-0.39, 0.29) is 30.2 Å². The number of anilines is 2. The van der Waals surface area contributed by atoms with Gasteiger partial charge in [-0.05, 0) is 47.5 Å². The van der Waals surface area contributed by atoms with E-state index >= 15 is 0 Å². The van der Waals surface area contributed by atoms with Crippen LogP contribution in [0.5, 0.6) is 0 Å². The van der Waals surface area contributed by atoms with Crippen LogP contribution in [0.15, 0.2) is 78.9 Å². The number of ether oxygens (including phenoxy) is 1. The summed E-state index contributed by atoms with van der Waals surface area (Å²) < 4.78 is 5.06. The number of carbonyl (C=O) groups is 4. The van der Waals surface area contributed by atoms with Crippen LogP contribution in [0.2, 0.25) is 0 Å². The topological polar surface area (TPSA) is 92.8 Å². The molecular formula is C25H20N2O5. The lowest BCUT2D eigenvalue weighted by Gasteiger charge is -2.14. The highest BCUT2D eigenvalue weighted by Gasteiger charge is 2.30. The molecule has 0 bridgehead atoms. The maximum Gasteiger partial charge on any atom is 0.338 e. The number of nitrogens with one attached hydrogen (secondary N) is 1. The van der Waals surface area contributed by atoms with Gasteiger partial charge in [0.2, 0.25) is 11.8 Å². The van der Waals surface area contributed by atoms with Gasteiger partial charge in [0.25, 0.3) is 5.91 Å². The predicted molar refractivity (Wildman–Crippen MR) is 119 cm³/mol. The minimum atomic E-state index is -0.676. The number of imide groups is 1.